The minimum absolute atomic E-state index is 0.0655. The summed E-state index contributed by atoms with van der Waals surface area (Å²) in [6.07, 6.45) is 1.56. The zero-order valence-corrected chi connectivity index (χ0v) is 13.5. The van der Waals surface area contributed by atoms with Crippen molar-refractivity contribution in [3.05, 3.63) is 65.1 Å². The Hall–Kier alpha value is -3.29. The van der Waals surface area contributed by atoms with E-state index in [4.69, 9.17) is 11.8 Å². The highest BCUT2D eigenvalue weighted by molar-refractivity contribution is 7.92. The molecule has 0 aliphatic carbocycles. The first-order chi connectivity index (χ1) is 11.5. The summed E-state index contributed by atoms with van der Waals surface area (Å²) in [5.41, 5.74) is 2.64. The number of benzene rings is 2. The van der Waals surface area contributed by atoms with Crippen molar-refractivity contribution in [3.63, 3.8) is 0 Å². The molecule has 2 N–H and O–H groups in total. The molecule has 0 radical (unpaired) electrons. The summed E-state index contributed by atoms with van der Waals surface area (Å²) in [6, 6.07) is 11.2. The molecule has 6 nitrogen and oxygen atoms in total. The van der Waals surface area contributed by atoms with E-state index >= 15 is 0 Å². The summed E-state index contributed by atoms with van der Waals surface area (Å²) >= 11 is 0. The molecule has 0 saturated carbocycles. The van der Waals surface area contributed by atoms with E-state index < -0.39 is 10.0 Å². The minimum Gasteiger partial charge on any atom is -0.358 e. The largest absolute Gasteiger partial charge is 0.358 e. The molecule has 0 aliphatic rings. The van der Waals surface area contributed by atoms with Gasteiger partial charge in [-0.2, -0.15) is 5.26 Å². The maximum absolute atomic E-state index is 12.5. The number of nitrogens with one attached hydrogen (secondary N) is 2. The number of hydrogen-bond donors (Lipinski definition) is 2. The Morgan fingerprint density at radius 3 is 2.54 bits per heavy atom. The van der Waals surface area contributed by atoms with Crippen molar-refractivity contribution < 1.29 is 8.42 Å². The molecule has 1 aromatic heterocycles. The van der Waals surface area contributed by atoms with Crippen LogP contribution in [0.25, 0.3) is 15.7 Å². The molecule has 1 heterocycles. The molecule has 0 aliphatic heterocycles. The van der Waals surface area contributed by atoms with Crippen molar-refractivity contribution in [1.29, 1.82) is 5.26 Å². The Morgan fingerprint density at radius 1 is 1.21 bits per heavy atom. The molecule has 0 unspecified atom stereocenters. The molecule has 3 aromatic rings. The summed E-state index contributed by atoms with van der Waals surface area (Å²) in [6.45, 7) is 8.77. The fourth-order valence-corrected chi connectivity index (χ4v) is 3.57. The first kappa shape index (κ1) is 15.6. The lowest BCUT2D eigenvalue weighted by atomic mass is 10.1. The molecule has 0 spiro atoms. The van der Waals surface area contributed by atoms with E-state index in [9.17, 15) is 8.42 Å². The summed E-state index contributed by atoms with van der Waals surface area (Å²) < 4.78 is 27.6. The Morgan fingerprint density at radius 2 is 1.92 bits per heavy atom. The summed E-state index contributed by atoms with van der Waals surface area (Å²) in [5.74, 6) is 0. The highest BCUT2D eigenvalue weighted by atomic mass is 32.2. The third kappa shape index (κ3) is 2.58. The molecule has 0 atom stereocenters. The predicted octanol–water partition coefficient (Wildman–Crippen LogP) is 3.70. The number of rotatable bonds is 3. The van der Waals surface area contributed by atoms with Crippen LogP contribution in [0.15, 0.2) is 47.5 Å². The number of hydrogen-bond acceptors (Lipinski definition) is 3. The number of aromatic amines is 1. The van der Waals surface area contributed by atoms with Gasteiger partial charge in [-0.15, -0.1) is 0 Å². The lowest BCUT2D eigenvalue weighted by Crippen LogP contribution is -2.13. The van der Waals surface area contributed by atoms with Crippen LogP contribution < -0.4 is 4.72 Å². The predicted molar refractivity (Wildman–Crippen MR) is 91.3 cm³/mol. The standard InChI is InChI=1S/C17H12N4O2S/c1-11-3-8-15(17-16(11)12(9-18)10-20-17)21-24(22,23)14-6-4-13(19-2)5-7-14/h3-8,10,20-21H,1H3. The van der Waals surface area contributed by atoms with Crippen LogP contribution in [0.5, 0.6) is 0 Å². The summed E-state index contributed by atoms with van der Waals surface area (Å²) in [7, 11) is -3.80. The number of nitrogens with zero attached hydrogens (tertiary/aromatic N) is 2. The van der Waals surface area contributed by atoms with Gasteiger partial charge in [0, 0.05) is 11.6 Å². The quantitative estimate of drug-likeness (QED) is 0.715. The first-order valence-corrected chi connectivity index (χ1v) is 8.45. The summed E-state index contributed by atoms with van der Waals surface area (Å²) in [5, 5.41) is 9.86. The highest BCUT2D eigenvalue weighted by Crippen LogP contribution is 2.30. The number of anilines is 1. The van der Waals surface area contributed by atoms with Crippen LogP contribution in [0, 0.1) is 24.8 Å². The molecule has 7 heteroatoms. The van der Waals surface area contributed by atoms with Gasteiger partial charge in [-0.3, -0.25) is 4.72 Å². The van der Waals surface area contributed by atoms with Gasteiger partial charge >= 0.3 is 0 Å². The van der Waals surface area contributed by atoms with Crippen LogP contribution in [0.1, 0.15) is 11.1 Å². The number of fused-ring (bicyclic) bond motifs is 1. The van der Waals surface area contributed by atoms with Crippen molar-refractivity contribution >= 4 is 32.3 Å². The highest BCUT2D eigenvalue weighted by Gasteiger charge is 2.17. The average molecular weight is 336 g/mol. The third-order valence-electron chi connectivity index (χ3n) is 3.68. The molecule has 0 saturated heterocycles. The van der Waals surface area contributed by atoms with Crippen molar-refractivity contribution in [2.75, 3.05) is 4.72 Å². The first-order valence-electron chi connectivity index (χ1n) is 6.97. The maximum atomic E-state index is 12.5. The van der Waals surface area contributed by atoms with Gasteiger partial charge in [0.15, 0.2) is 5.69 Å². The van der Waals surface area contributed by atoms with Crippen LogP contribution >= 0.6 is 0 Å². The van der Waals surface area contributed by atoms with Crippen molar-refractivity contribution in [3.8, 4) is 6.07 Å². The van der Waals surface area contributed by atoms with Gasteiger partial charge < -0.3 is 4.98 Å². The SMILES string of the molecule is [C-]#[N+]c1ccc(S(=O)(=O)Nc2ccc(C)c3c(C#N)c[nH]c23)cc1. The molecule has 24 heavy (non-hydrogen) atoms. The normalized spacial score (nSPS) is 11.0. The zero-order valence-electron chi connectivity index (χ0n) is 12.7. The molecule has 0 fully saturated rings. The van der Waals surface area contributed by atoms with Crippen LogP contribution in [0.3, 0.4) is 0 Å². The number of sulfonamides is 1. The second kappa shape index (κ2) is 5.73. The van der Waals surface area contributed by atoms with Crippen LogP contribution in [0.4, 0.5) is 11.4 Å². The number of aryl methyl sites for hydroxylation is 1. The number of H-pyrrole nitrogens is 1. The lowest BCUT2D eigenvalue weighted by Gasteiger charge is -2.10. The Bertz CT molecular complexity index is 1110. The van der Waals surface area contributed by atoms with Gasteiger partial charge in [0.2, 0.25) is 0 Å². The number of aromatic nitrogens is 1. The molecule has 2 aromatic carbocycles. The second-order valence-electron chi connectivity index (χ2n) is 5.21. The molecule has 3 rings (SSSR count). The smallest absolute Gasteiger partial charge is 0.261 e. The van der Waals surface area contributed by atoms with E-state index in [0.717, 1.165) is 5.56 Å². The van der Waals surface area contributed by atoms with Crippen molar-refractivity contribution in [2.45, 2.75) is 11.8 Å². The van der Waals surface area contributed by atoms with Crippen molar-refractivity contribution in [2.24, 2.45) is 0 Å². The van der Waals surface area contributed by atoms with E-state index in [1.165, 1.54) is 24.3 Å². The van der Waals surface area contributed by atoms with Gasteiger partial charge in [0.05, 0.1) is 28.2 Å². The van der Waals surface area contributed by atoms with E-state index in [1.54, 1.807) is 18.3 Å². The second-order valence-corrected chi connectivity index (χ2v) is 6.89. The monoisotopic (exact) mass is 336 g/mol. The fraction of sp³-hybridized carbons (Fsp3) is 0.0588. The van der Waals surface area contributed by atoms with Crippen LogP contribution in [-0.2, 0) is 10.0 Å². The zero-order chi connectivity index (χ0) is 17.3. The third-order valence-corrected chi connectivity index (χ3v) is 5.07. The van der Waals surface area contributed by atoms with Gasteiger partial charge in [0.25, 0.3) is 10.0 Å². The molecular weight excluding hydrogens is 324 g/mol. The number of nitriles is 1. The molecular formula is C17H12N4O2S. The van der Waals surface area contributed by atoms with Gasteiger partial charge in [-0.05, 0) is 18.6 Å². The van der Waals surface area contributed by atoms with E-state index in [0.29, 0.717) is 27.8 Å². The van der Waals surface area contributed by atoms with Crippen molar-refractivity contribution in [1.82, 2.24) is 4.98 Å². The lowest BCUT2D eigenvalue weighted by molar-refractivity contribution is 0.601. The molecule has 0 bridgehead atoms. The Balaban J connectivity index is 2.06. The van der Waals surface area contributed by atoms with Gasteiger partial charge in [-0.25, -0.2) is 13.3 Å². The van der Waals surface area contributed by atoms with Crippen LogP contribution in [0.2, 0.25) is 0 Å². The fourth-order valence-electron chi connectivity index (χ4n) is 2.50. The van der Waals surface area contributed by atoms with Gasteiger partial charge in [0.1, 0.15) is 6.07 Å². The summed E-state index contributed by atoms with van der Waals surface area (Å²) in [4.78, 5) is 6.26. The topological polar surface area (TPSA) is 90.1 Å². The molecule has 0 amide bonds. The van der Waals surface area contributed by atoms with Crippen LogP contribution in [-0.4, -0.2) is 13.4 Å². The minimum atomic E-state index is -3.80. The Kier molecular flexibility index (Phi) is 3.72. The Labute approximate surface area is 139 Å². The maximum Gasteiger partial charge on any atom is 0.261 e. The van der Waals surface area contributed by atoms with E-state index in [2.05, 4.69) is 20.6 Å². The van der Waals surface area contributed by atoms with Gasteiger partial charge in [-0.1, -0.05) is 30.3 Å². The average Bonchev–Trinajstić information content (AvgIpc) is 3.02. The van der Waals surface area contributed by atoms with E-state index in [1.807, 2.05) is 6.92 Å². The van der Waals surface area contributed by atoms with E-state index in [-0.39, 0.29) is 4.90 Å². The molecule has 118 valence electrons.